The minimum Gasteiger partial charge on any atom is -0.480 e. The number of nitrogens with zero attached hydrogens (tertiary/aromatic N) is 2. The molecule has 9 atom stereocenters. The molecule has 3 aromatic rings. The Morgan fingerprint density at radius 3 is 1.86 bits per heavy atom. The Morgan fingerprint density at radius 2 is 1.23 bits per heavy atom. The number of aliphatic hydroxyl groups is 1. The molecule has 0 spiro atoms. The molecule has 94 heavy (non-hydrogen) atoms. The van der Waals surface area contributed by atoms with Gasteiger partial charge < -0.3 is 94.6 Å². The van der Waals surface area contributed by atoms with Crippen molar-refractivity contribution < 1.29 is 72.5 Å². The number of unbranched alkanes of at least 4 members (excludes halogenated alkanes) is 1. The summed E-state index contributed by atoms with van der Waals surface area (Å²) in [4.78, 5) is 184. The first-order valence-corrected chi connectivity index (χ1v) is 32.9. The Labute approximate surface area is 555 Å². The monoisotopic (exact) mass is 1360 g/mol. The molecular weight excluding hydrogens is 1260 g/mol. The van der Waals surface area contributed by atoms with Gasteiger partial charge in [0.05, 0.1) is 26.0 Å². The van der Waals surface area contributed by atoms with Gasteiger partial charge in [-0.3, -0.25) is 57.5 Å². The number of thioether (sulfide) groups is 1. The van der Waals surface area contributed by atoms with Crippen molar-refractivity contribution in [3.05, 3.63) is 54.2 Å². The van der Waals surface area contributed by atoms with Crippen molar-refractivity contribution in [3.8, 4) is 0 Å². The van der Waals surface area contributed by atoms with Crippen LogP contribution in [-0.2, 0) is 75.2 Å². The maximum atomic E-state index is 14.3. The molecule has 0 bridgehead atoms. The fraction of sp³-hybridized carbons (Fsp3) is 0.600. The van der Waals surface area contributed by atoms with E-state index in [1.807, 2.05) is 32.8 Å². The SMILES string of the molecule is CSCC[C@H](NC(=O)[C@H](CC(C)C)NC(=O)[C@H](Cc1cnc[nH]1)NC(=O)CNC(=O)[C@@H](NC(=O)[C@H](C)NC(=O)[C@H](Cc1c[nH]c2ccccc12)NC(=O)[C@H](CCC(N)=O)NC(=O)CCCCNC(=O)CNC(=O)[C@H](CS)NC(=O)[C@H](CO)NCCN(C)C)C(C)C)C(=O)O. The Hall–Kier alpha value is -8.34. The summed E-state index contributed by atoms with van der Waals surface area (Å²) in [7, 11) is 3.69. The summed E-state index contributed by atoms with van der Waals surface area (Å²) < 4.78 is 0. The lowest BCUT2D eigenvalue weighted by Crippen LogP contribution is -2.59. The van der Waals surface area contributed by atoms with E-state index in [2.05, 4.69) is 91.4 Å². The number of primary amides is 1. The minimum atomic E-state index is -1.41. The van der Waals surface area contributed by atoms with Crippen LogP contribution < -0.4 is 69.5 Å². The molecule has 522 valence electrons. The largest absolute Gasteiger partial charge is 0.480 e. The second-order valence-electron chi connectivity index (χ2n) is 23.5. The lowest BCUT2D eigenvalue weighted by Gasteiger charge is -2.26. The highest BCUT2D eigenvalue weighted by molar-refractivity contribution is 7.98. The predicted octanol–water partition coefficient (Wildman–Crippen LogP) is -3.66. The maximum absolute atomic E-state index is 14.3. The number of carboxylic acid groups (broad SMARTS) is 1. The number of imidazole rings is 1. The smallest absolute Gasteiger partial charge is 0.326 e. The van der Waals surface area contributed by atoms with Gasteiger partial charge in [-0.2, -0.15) is 24.4 Å². The van der Waals surface area contributed by atoms with E-state index in [9.17, 15) is 72.5 Å². The average Bonchev–Trinajstić information content (AvgIpc) is 1.65. The topological polar surface area (TPSA) is 480 Å². The van der Waals surface area contributed by atoms with Gasteiger partial charge in [-0.1, -0.05) is 45.9 Å². The van der Waals surface area contributed by atoms with Crippen LogP contribution in [0.5, 0.6) is 0 Å². The highest BCUT2D eigenvalue weighted by Gasteiger charge is 2.34. The van der Waals surface area contributed by atoms with Crippen LogP contribution in [0.25, 0.3) is 10.9 Å². The van der Waals surface area contributed by atoms with E-state index in [4.69, 9.17) is 5.73 Å². The van der Waals surface area contributed by atoms with Crippen LogP contribution in [0.2, 0.25) is 0 Å². The van der Waals surface area contributed by atoms with E-state index in [0.29, 0.717) is 41.0 Å². The normalized spacial score (nSPS) is 14.1. The Kier molecular flexibility index (Phi) is 35.8. The number of thiol groups is 1. The molecule has 32 nitrogen and oxygen atoms in total. The number of nitrogens with one attached hydrogen (secondary N) is 14. The molecule has 0 saturated carbocycles. The fourth-order valence-corrected chi connectivity index (χ4v) is 9.99. The number of aliphatic carboxylic acids is 1. The number of aromatic amines is 2. The third-order valence-electron chi connectivity index (χ3n) is 14.5. The predicted molar refractivity (Wildman–Crippen MR) is 353 cm³/mol. The molecule has 3 rings (SSSR count). The number of hydrogen-bond donors (Lipinski definition) is 18. The number of carbonyl (C=O) groups excluding carboxylic acids is 12. The Bertz CT molecular complexity index is 3000. The maximum Gasteiger partial charge on any atom is 0.326 e. The number of aromatic nitrogens is 3. The molecule has 0 saturated heterocycles. The quantitative estimate of drug-likeness (QED) is 0.0192. The summed E-state index contributed by atoms with van der Waals surface area (Å²) in [5.74, 6) is -10.6. The van der Waals surface area contributed by atoms with Gasteiger partial charge in [-0.05, 0) is 88.6 Å². The minimum absolute atomic E-state index is 0.0884. The molecule has 2 heterocycles. The number of H-pyrrole nitrogens is 2. The molecule has 18 N–H and O–H groups in total. The van der Waals surface area contributed by atoms with E-state index in [1.54, 1.807) is 50.6 Å². The molecule has 0 aliphatic heterocycles. The first-order valence-electron chi connectivity index (χ1n) is 30.9. The van der Waals surface area contributed by atoms with Crippen LogP contribution in [0.3, 0.4) is 0 Å². The summed E-state index contributed by atoms with van der Waals surface area (Å²) in [5.41, 5.74) is 7.18. The number of hydrogen-bond acceptors (Lipinski definition) is 19. The number of fused-ring (bicyclic) bond motifs is 1. The van der Waals surface area contributed by atoms with Crippen molar-refractivity contribution in [1.29, 1.82) is 0 Å². The third kappa shape index (κ3) is 29.3. The average molecular weight is 1360 g/mol. The highest BCUT2D eigenvalue weighted by atomic mass is 32.2. The van der Waals surface area contributed by atoms with Crippen LogP contribution >= 0.6 is 24.4 Å². The van der Waals surface area contributed by atoms with Crippen LogP contribution in [-0.4, -0.2) is 232 Å². The molecule has 0 aliphatic rings. The number of carboxylic acids is 1. The van der Waals surface area contributed by atoms with Crippen LogP contribution in [0, 0.1) is 11.8 Å². The van der Waals surface area contributed by atoms with E-state index in [0.717, 1.165) is 0 Å². The van der Waals surface area contributed by atoms with Crippen molar-refractivity contribution in [3.63, 3.8) is 0 Å². The molecule has 0 fully saturated rings. The number of likely N-dealkylation sites (N-methyl/N-ethyl adjacent to an activating group) is 1. The first kappa shape index (κ1) is 79.9. The van der Waals surface area contributed by atoms with Crippen molar-refractivity contribution in [1.82, 2.24) is 83.7 Å². The van der Waals surface area contributed by atoms with Gasteiger partial charge in [0, 0.05) is 80.1 Å². The summed E-state index contributed by atoms with van der Waals surface area (Å²) in [6.07, 6.45) is 5.95. The number of benzene rings is 1. The van der Waals surface area contributed by atoms with Gasteiger partial charge >= 0.3 is 5.97 Å². The van der Waals surface area contributed by atoms with E-state index in [-0.39, 0.29) is 76.0 Å². The van der Waals surface area contributed by atoms with Gasteiger partial charge in [-0.15, -0.1) is 0 Å². The zero-order valence-corrected chi connectivity index (χ0v) is 56.2. The second-order valence-corrected chi connectivity index (χ2v) is 24.8. The van der Waals surface area contributed by atoms with Crippen molar-refractivity contribution in [2.24, 2.45) is 17.6 Å². The van der Waals surface area contributed by atoms with Gasteiger partial charge in [0.15, 0.2) is 0 Å². The number of para-hydroxylation sites is 1. The Balaban J connectivity index is 1.66. The Morgan fingerprint density at radius 1 is 0.628 bits per heavy atom. The zero-order chi connectivity index (χ0) is 70.0. The first-order chi connectivity index (χ1) is 44.6. The van der Waals surface area contributed by atoms with E-state index in [1.165, 1.54) is 31.2 Å². The molecule has 0 unspecified atom stereocenters. The number of carbonyl (C=O) groups is 13. The van der Waals surface area contributed by atoms with Gasteiger partial charge in [0.2, 0.25) is 70.9 Å². The van der Waals surface area contributed by atoms with Gasteiger partial charge in [-0.25, -0.2) is 9.78 Å². The van der Waals surface area contributed by atoms with Crippen LogP contribution in [0.4, 0.5) is 0 Å². The molecule has 12 amide bonds. The van der Waals surface area contributed by atoms with Gasteiger partial charge in [0.25, 0.3) is 0 Å². The number of rotatable bonds is 45. The van der Waals surface area contributed by atoms with Gasteiger partial charge in [0.1, 0.15) is 54.4 Å². The molecule has 34 heteroatoms. The van der Waals surface area contributed by atoms with Crippen molar-refractivity contribution in [2.75, 3.05) is 71.2 Å². The van der Waals surface area contributed by atoms with E-state index >= 15 is 0 Å². The number of aliphatic hydroxyl groups excluding tert-OH is 1. The van der Waals surface area contributed by atoms with Crippen molar-refractivity contribution in [2.45, 2.75) is 147 Å². The standard InChI is InChI=1S/C60H95N17O15S2/c1-33(2)23-42(56(87)72-41(60(91)92)18-22-94-8)73-57(88)44(25-37-27-62-32-68-37)71-50(82)29-67-59(90)51(34(3)4)76-52(83)35(5)69-55(86)43(24-36-26-65-39-14-10-9-13-38(36)39)74-54(85)40(16-17-47(61)79)70-48(80)15-11-12-19-64-49(81)28-66-53(84)46(31-93)75-58(89)45(30-78)63-20-21-77(6)7/h9-10,13-14,26-27,32-35,40-46,51,63,65,78,93H,11-12,15-25,28-31H2,1-8H3,(H2,61,79)(H,62,68)(H,64,81)(H,66,84)(H,67,90)(H,69,86)(H,70,80)(H,71,82)(H,72,87)(H,73,88)(H,74,85)(H,75,89)(H,76,83)(H,91,92)/t35-,40-,41-,42-,43-,44-,45-,46-,51-/m0/s1. The molecule has 2 aromatic heterocycles. The van der Waals surface area contributed by atoms with Crippen molar-refractivity contribution >= 4 is 112 Å². The second kappa shape index (κ2) is 42.1. The number of amides is 12. The molecule has 1 aromatic carbocycles. The third-order valence-corrected chi connectivity index (χ3v) is 15.5. The molecule has 0 aliphatic carbocycles. The lowest BCUT2D eigenvalue weighted by molar-refractivity contribution is -0.142. The lowest BCUT2D eigenvalue weighted by atomic mass is 10.0. The summed E-state index contributed by atoms with van der Waals surface area (Å²) in [6, 6.07) is -4.09. The summed E-state index contributed by atoms with van der Waals surface area (Å²) in [6.45, 7) is 7.62. The molecule has 0 radical (unpaired) electrons. The van der Waals surface area contributed by atoms with Crippen LogP contribution in [0.15, 0.2) is 43.0 Å². The van der Waals surface area contributed by atoms with E-state index < -0.39 is 157 Å². The highest BCUT2D eigenvalue weighted by Crippen LogP contribution is 2.20. The van der Waals surface area contributed by atoms with Crippen LogP contribution in [0.1, 0.15) is 90.8 Å². The zero-order valence-electron chi connectivity index (χ0n) is 54.4. The summed E-state index contributed by atoms with van der Waals surface area (Å²) >= 11 is 5.54. The summed E-state index contributed by atoms with van der Waals surface area (Å²) in [5, 5.41) is 51.2. The molecular formula is C60H95N17O15S2. The fourth-order valence-electron chi connectivity index (χ4n) is 9.27. The number of nitrogens with two attached hydrogens (primary N) is 1.